The Hall–Kier alpha value is -3.39. The van der Waals surface area contributed by atoms with Gasteiger partial charge in [0, 0.05) is 41.6 Å². The molecule has 2 fully saturated rings. The Morgan fingerprint density at radius 2 is 1.44 bits per heavy atom. The molecule has 0 atom stereocenters. The van der Waals surface area contributed by atoms with E-state index in [-0.39, 0.29) is 30.3 Å². The molecule has 1 saturated heterocycles. The first-order valence-electron chi connectivity index (χ1n) is 12.0. The number of rotatable bonds is 7. The van der Waals surface area contributed by atoms with Crippen LogP contribution in [0.2, 0.25) is 0 Å². The lowest BCUT2D eigenvalue weighted by atomic mass is 9.95. The van der Waals surface area contributed by atoms with Gasteiger partial charge >= 0.3 is 0 Å². The third-order valence-corrected chi connectivity index (χ3v) is 6.25. The summed E-state index contributed by atoms with van der Waals surface area (Å²) in [5.41, 5.74) is 2.59. The van der Waals surface area contributed by atoms with Gasteiger partial charge in [-0.15, -0.1) is 0 Å². The smallest absolute Gasteiger partial charge is 0.254 e. The Labute approximate surface area is 200 Å². The zero-order chi connectivity index (χ0) is 23.8. The number of carbonyl (C=O) groups excluding carboxylic acids is 3. The quantitative estimate of drug-likeness (QED) is 0.584. The summed E-state index contributed by atoms with van der Waals surface area (Å²) in [4.78, 5) is 39.0. The molecule has 1 aliphatic heterocycles. The van der Waals surface area contributed by atoms with E-state index in [1.165, 1.54) is 19.3 Å². The van der Waals surface area contributed by atoms with Gasteiger partial charge in [-0.1, -0.05) is 19.3 Å². The molecule has 2 aromatic rings. The zero-order valence-corrected chi connectivity index (χ0v) is 19.3. The van der Waals surface area contributed by atoms with Gasteiger partial charge in [-0.25, -0.2) is 0 Å². The van der Waals surface area contributed by atoms with Crippen molar-refractivity contribution in [1.82, 2.24) is 10.2 Å². The average Bonchev–Trinajstić information content (AvgIpc) is 2.89. The Balaban J connectivity index is 1.22. The fraction of sp³-hybridized carbons (Fsp3) is 0.423. The number of nitrogens with zero attached hydrogens (tertiary/aromatic N) is 1. The summed E-state index contributed by atoms with van der Waals surface area (Å²) < 4.78 is 5.28. The van der Waals surface area contributed by atoms with Crippen LogP contribution in [-0.2, 0) is 9.53 Å². The monoisotopic (exact) mass is 464 g/mol. The minimum Gasteiger partial charge on any atom is -0.378 e. The van der Waals surface area contributed by atoms with Crippen molar-refractivity contribution in [3.05, 3.63) is 59.7 Å². The van der Waals surface area contributed by atoms with Gasteiger partial charge in [-0.3, -0.25) is 14.4 Å². The minimum absolute atomic E-state index is 0.0290. The lowest BCUT2D eigenvalue weighted by molar-refractivity contribution is -0.114. The van der Waals surface area contributed by atoms with Gasteiger partial charge in [0.15, 0.2) is 0 Å². The summed E-state index contributed by atoms with van der Waals surface area (Å²) in [6.45, 7) is 2.39. The lowest BCUT2D eigenvalue weighted by Crippen LogP contribution is -2.40. The van der Waals surface area contributed by atoms with Crippen molar-refractivity contribution in [2.24, 2.45) is 0 Å². The molecule has 1 heterocycles. The molecule has 1 saturated carbocycles. The Morgan fingerprint density at radius 3 is 2.12 bits per heavy atom. The number of carbonyl (C=O) groups is 3. The molecule has 8 heteroatoms. The topological polar surface area (TPSA) is 99.8 Å². The van der Waals surface area contributed by atoms with Gasteiger partial charge in [0.05, 0.1) is 19.8 Å². The zero-order valence-electron chi connectivity index (χ0n) is 19.3. The molecule has 4 rings (SSSR count). The van der Waals surface area contributed by atoms with Gasteiger partial charge in [-0.05, 0) is 61.4 Å². The van der Waals surface area contributed by atoms with E-state index in [2.05, 4.69) is 16.0 Å². The van der Waals surface area contributed by atoms with Crippen LogP contribution in [0.25, 0.3) is 0 Å². The molecule has 8 nitrogen and oxygen atoms in total. The number of benzene rings is 2. The molecule has 1 aliphatic carbocycles. The molecule has 0 unspecified atom stereocenters. The van der Waals surface area contributed by atoms with Crippen LogP contribution in [0.3, 0.4) is 0 Å². The molecule has 3 N–H and O–H groups in total. The fourth-order valence-electron chi connectivity index (χ4n) is 4.29. The van der Waals surface area contributed by atoms with E-state index in [0.717, 1.165) is 18.5 Å². The van der Waals surface area contributed by atoms with Gasteiger partial charge in [0.1, 0.15) is 0 Å². The summed E-state index contributed by atoms with van der Waals surface area (Å²) in [7, 11) is 0. The maximum absolute atomic E-state index is 12.5. The molecule has 34 heavy (non-hydrogen) atoms. The maximum Gasteiger partial charge on any atom is 0.254 e. The van der Waals surface area contributed by atoms with E-state index in [1.54, 1.807) is 53.4 Å². The molecular weight excluding hydrogens is 432 g/mol. The molecule has 0 spiro atoms. The van der Waals surface area contributed by atoms with E-state index in [0.29, 0.717) is 43.1 Å². The van der Waals surface area contributed by atoms with Crippen molar-refractivity contribution in [2.75, 3.05) is 43.5 Å². The first-order chi connectivity index (χ1) is 16.6. The number of hydrogen-bond acceptors (Lipinski definition) is 5. The SMILES string of the molecule is O=C(CNc1ccc(C(=O)NC2CCCCC2)cc1)Nc1ccc(C(=O)N2CCOCC2)cc1. The molecule has 180 valence electrons. The van der Waals surface area contributed by atoms with E-state index >= 15 is 0 Å². The fourth-order valence-corrected chi connectivity index (χ4v) is 4.29. The third-order valence-electron chi connectivity index (χ3n) is 6.25. The van der Waals surface area contributed by atoms with Crippen LogP contribution in [-0.4, -0.2) is 61.5 Å². The molecule has 2 aromatic carbocycles. The van der Waals surface area contributed by atoms with Crippen LogP contribution in [0.4, 0.5) is 11.4 Å². The minimum atomic E-state index is -0.202. The predicted octanol–water partition coefficient (Wildman–Crippen LogP) is 3.27. The van der Waals surface area contributed by atoms with Gasteiger partial charge in [-0.2, -0.15) is 0 Å². The summed E-state index contributed by atoms with van der Waals surface area (Å²) >= 11 is 0. The Bertz CT molecular complexity index is 979. The van der Waals surface area contributed by atoms with Crippen molar-refractivity contribution in [1.29, 1.82) is 0 Å². The number of amides is 3. The summed E-state index contributed by atoms with van der Waals surface area (Å²) in [5.74, 6) is -0.281. The second-order valence-electron chi connectivity index (χ2n) is 8.77. The molecule has 0 radical (unpaired) electrons. The molecule has 2 aliphatic rings. The highest BCUT2D eigenvalue weighted by Crippen LogP contribution is 2.18. The molecular formula is C26H32N4O4. The maximum atomic E-state index is 12.5. The molecule has 0 bridgehead atoms. The van der Waals surface area contributed by atoms with E-state index in [9.17, 15) is 14.4 Å². The highest BCUT2D eigenvalue weighted by molar-refractivity contribution is 5.97. The second kappa shape index (κ2) is 11.7. The van der Waals surface area contributed by atoms with E-state index in [4.69, 9.17) is 4.74 Å². The Kier molecular flexibility index (Phi) is 8.14. The number of morpholine rings is 1. The number of hydrogen-bond donors (Lipinski definition) is 3. The number of ether oxygens (including phenoxy) is 1. The Morgan fingerprint density at radius 1 is 0.824 bits per heavy atom. The second-order valence-corrected chi connectivity index (χ2v) is 8.77. The summed E-state index contributed by atoms with van der Waals surface area (Å²) in [6.07, 6.45) is 5.69. The van der Waals surface area contributed by atoms with Crippen LogP contribution >= 0.6 is 0 Å². The number of nitrogens with one attached hydrogen (secondary N) is 3. The highest BCUT2D eigenvalue weighted by Gasteiger charge is 2.19. The van der Waals surface area contributed by atoms with Gasteiger partial charge in [0.25, 0.3) is 11.8 Å². The predicted molar refractivity (Wildman–Crippen MR) is 131 cm³/mol. The summed E-state index contributed by atoms with van der Waals surface area (Å²) in [6, 6.07) is 14.3. The highest BCUT2D eigenvalue weighted by atomic mass is 16.5. The average molecular weight is 465 g/mol. The van der Waals surface area contributed by atoms with Crippen molar-refractivity contribution in [3.8, 4) is 0 Å². The number of anilines is 2. The van der Waals surface area contributed by atoms with Crippen molar-refractivity contribution >= 4 is 29.1 Å². The van der Waals surface area contributed by atoms with Gasteiger partial charge < -0.3 is 25.6 Å². The first-order valence-corrected chi connectivity index (χ1v) is 12.0. The van der Waals surface area contributed by atoms with E-state index in [1.807, 2.05) is 0 Å². The largest absolute Gasteiger partial charge is 0.378 e. The van der Waals surface area contributed by atoms with Crippen LogP contribution in [0.15, 0.2) is 48.5 Å². The summed E-state index contributed by atoms with van der Waals surface area (Å²) in [5, 5.41) is 9.00. The standard InChI is InChI=1S/C26H32N4O4/c31-24(28-23-12-8-20(9-13-23)26(33)30-14-16-34-17-15-30)18-27-21-10-6-19(7-11-21)25(32)29-22-4-2-1-3-5-22/h6-13,22,27H,1-5,14-18H2,(H,28,31)(H,29,32). The van der Waals surface area contributed by atoms with Crippen LogP contribution < -0.4 is 16.0 Å². The third kappa shape index (κ3) is 6.57. The van der Waals surface area contributed by atoms with Crippen LogP contribution in [0, 0.1) is 0 Å². The van der Waals surface area contributed by atoms with Crippen LogP contribution in [0.5, 0.6) is 0 Å². The normalized spacial score (nSPS) is 16.5. The first kappa shape index (κ1) is 23.8. The van der Waals surface area contributed by atoms with Crippen molar-refractivity contribution < 1.29 is 19.1 Å². The van der Waals surface area contributed by atoms with Crippen molar-refractivity contribution in [2.45, 2.75) is 38.1 Å². The van der Waals surface area contributed by atoms with E-state index < -0.39 is 0 Å². The lowest BCUT2D eigenvalue weighted by Gasteiger charge is -2.26. The van der Waals surface area contributed by atoms with Crippen molar-refractivity contribution in [3.63, 3.8) is 0 Å². The molecule has 0 aromatic heterocycles. The van der Waals surface area contributed by atoms with Gasteiger partial charge in [0.2, 0.25) is 5.91 Å². The molecule has 3 amide bonds. The van der Waals surface area contributed by atoms with Crippen LogP contribution in [0.1, 0.15) is 52.8 Å².